The maximum Gasteiger partial charge on any atom is 0.233 e. The first-order valence-corrected chi connectivity index (χ1v) is 9.49. The lowest BCUT2D eigenvalue weighted by Gasteiger charge is -2.13. The largest absolute Gasteiger partial charge is 0.497 e. The minimum atomic E-state index is -0.302. The molecule has 0 aliphatic rings. The van der Waals surface area contributed by atoms with E-state index in [0.29, 0.717) is 11.7 Å². The normalized spacial score (nSPS) is 11.8. The molecule has 6 nitrogen and oxygen atoms in total. The van der Waals surface area contributed by atoms with E-state index >= 15 is 0 Å². The number of nitrogens with zero attached hydrogens (tertiary/aromatic N) is 3. The molecule has 1 unspecified atom stereocenters. The van der Waals surface area contributed by atoms with Gasteiger partial charge in [-0.3, -0.25) is 9.36 Å². The van der Waals surface area contributed by atoms with Gasteiger partial charge in [-0.1, -0.05) is 47.7 Å². The summed E-state index contributed by atoms with van der Waals surface area (Å²) in [4.78, 5) is 12.4. The number of hydrogen-bond donors (Lipinski definition) is 1. The Labute approximate surface area is 163 Å². The van der Waals surface area contributed by atoms with Crippen molar-refractivity contribution in [2.45, 2.75) is 30.8 Å². The summed E-state index contributed by atoms with van der Waals surface area (Å²) in [5.41, 5.74) is 3.16. The number of thioether (sulfide) groups is 1. The Bertz CT molecular complexity index is 908. The number of ether oxygens (including phenoxy) is 1. The van der Waals surface area contributed by atoms with Crippen molar-refractivity contribution in [3.8, 4) is 11.4 Å². The van der Waals surface area contributed by atoms with Crippen molar-refractivity contribution in [2.75, 3.05) is 7.11 Å². The average molecular weight is 382 g/mol. The lowest BCUT2D eigenvalue weighted by molar-refractivity contribution is -0.120. The minimum absolute atomic E-state index is 0.0410. The van der Waals surface area contributed by atoms with E-state index in [2.05, 4.69) is 15.5 Å². The van der Waals surface area contributed by atoms with Crippen molar-refractivity contribution in [1.82, 2.24) is 20.1 Å². The van der Waals surface area contributed by atoms with E-state index in [1.54, 1.807) is 13.4 Å². The predicted molar refractivity (Wildman–Crippen MR) is 106 cm³/mol. The minimum Gasteiger partial charge on any atom is -0.497 e. The molecule has 0 saturated carbocycles. The van der Waals surface area contributed by atoms with E-state index in [9.17, 15) is 4.79 Å². The number of carbonyl (C=O) groups is 1. The van der Waals surface area contributed by atoms with E-state index in [1.165, 1.54) is 17.3 Å². The number of amides is 1. The summed E-state index contributed by atoms with van der Waals surface area (Å²) in [5.74, 6) is 0.710. The Morgan fingerprint density at radius 3 is 2.78 bits per heavy atom. The van der Waals surface area contributed by atoms with E-state index in [0.717, 1.165) is 17.0 Å². The summed E-state index contributed by atoms with van der Waals surface area (Å²) in [7, 11) is 1.63. The van der Waals surface area contributed by atoms with Crippen LogP contribution in [0.15, 0.2) is 60.0 Å². The van der Waals surface area contributed by atoms with Crippen LogP contribution in [-0.2, 0) is 11.3 Å². The molecule has 1 heterocycles. The van der Waals surface area contributed by atoms with Gasteiger partial charge in [-0.2, -0.15) is 0 Å². The Morgan fingerprint density at radius 1 is 1.26 bits per heavy atom. The molecule has 1 amide bonds. The molecule has 0 bridgehead atoms. The van der Waals surface area contributed by atoms with Crippen LogP contribution in [-0.4, -0.2) is 33.0 Å². The molecule has 0 spiro atoms. The highest BCUT2D eigenvalue weighted by Crippen LogP contribution is 2.25. The molecule has 1 N–H and O–H groups in total. The molecular formula is C20H22N4O2S. The number of benzene rings is 2. The fourth-order valence-electron chi connectivity index (χ4n) is 2.49. The summed E-state index contributed by atoms with van der Waals surface area (Å²) in [6, 6.07) is 15.7. The van der Waals surface area contributed by atoms with Crippen molar-refractivity contribution in [1.29, 1.82) is 0 Å². The third kappa shape index (κ3) is 4.89. The summed E-state index contributed by atoms with van der Waals surface area (Å²) in [6.45, 7) is 4.41. The van der Waals surface area contributed by atoms with Crippen LogP contribution in [0.1, 0.15) is 18.1 Å². The Hall–Kier alpha value is -2.80. The SMILES string of the molecule is COc1cccc(-n2cnnc2SC(C)C(=O)NCc2ccc(C)cc2)c1. The third-order valence-corrected chi connectivity index (χ3v) is 5.14. The van der Waals surface area contributed by atoms with Gasteiger partial charge in [-0.15, -0.1) is 10.2 Å². The van der Waals surface area contributed by atoms with E-state index in [1.807, 2.05) is 66.9 Å². The molecule has 0 aliphatic heterocycles. The molecule has 0 radical (unpaired) electrons. The maximum atomic E-state index is 12.4. The topological polar surface area (TPSA) is 69.0 Å². The Kier molecular flexibility index (Phi) is 6.13. The zero-order valence-electron chi connectivity index (χ0n) is 15.5. The van der Waals surface area contributed by atoms with Gasteiger partial charge in [0, 0.05) is 12.6 Å². The van der Waals surface area contributed by atoms with Crippen LogP contribution in [0.3, 0.4) is 0 Å². The van der Waals surface area contributed by atoms with Crippen LogP contribution < -0.4 is 10.1 Å². The molecule has 3 rings (SSSR count). The summed E-state index contributed by atoms with van der Waals surface area (Å²) < 4.78 is 7.11. The molecule has 0 fully saturated rings. The van der Waals surface area contributed by atoms with Crippen molar-refractivity contribution < 1.29 is 9.53 Å². The lowest BCUT2D eigenvalue weighted by Crippen LogP contribution is -2.30. The zero-order chi connectivity index (χ0) is 19.2. The van der Waals surface area contributed by atoms with Gasteiger partial charge in [0.05, 0.1) is 18.0 Å². The molecule has 2 aromatic carbocycles. The molecule has 0 aliphatic carbocycles. The Balaban J connectivity index is 1.64. The van der Waals surface area contributed by atoms with Crippen LogP contribution in [0.25, 0.3) is 5.69 Å². The first kappa shape index (κ1) is 19.0. The highest BCUT2D eigenvalue weighted by molar-refractivity contribution is 8.00. The van der Waals surface area contributed by atoms with Gasteiger partial charge in [-0.05, 0) is 31.5 Å². The number of methoxy groups -OCH3 is 1. The lowest BCUT2D eigenvalue weighted by atomic mass is 10.1. The second-order valence-corrected chi connectivity index (χ2v) is 7.46. The van der Waals surface area contributed by atoms with Crippen molar-refractivity contribution in [2.24, 2.45) is 0 Å². The van der Waals surface area contributed by atoms with Crippen LogP contribution >= 0.6 is 11.8 Å². The van der Waals surface area contributed by atoms with Gasteiger partial charge in [0.1, 0.15) is 12.1 Å². The summed E-state index contributed by atoms with van der Waals surface area (Å²) in [6.07, 6.45) is 1.63. The van der Waals surface area contributed by atoms with Crippen molar-refractivity contribution >= 4 is 17.7 Å². The fourth-order valence-corrected chi connectivity index (χ4v) is 3.36. The monoisotopic (exact) mass is 382 g/mol. The molecule has 0 saturated heterocycles. The highest BCUT2D eigenvalue weighted by Gasteiger charge is 2.18. The van der Waals surface area contributed by atoms with Crippen molar-refractivity contribution in [3.05, 3.63) is 66.0 Å². The van der Waals surface area contributed by atoms with Gasteiger partial charge in [-0.25, -0.2) is 0 Å². The predicted octanol–water partition coefficient (Wildman–Crippen LogP) is 3.38. The molecule has 3 aromatic rings. The first-order chi connectivity index (χ1) is 13.1. The standard InChI is InChI=1S/C20H22N4O2S/c1-14-7-9-16(10-8-14)12-21-19(25)15(2)27-20-23-22-13-24(20)17-5-4-6-18(11-17)26-3/h4-11,13,15H,12H2,1-3H3,(H,21,25). The molecule has 27 heavy (non-hydrogen) atoms. The second kappa shape index (κ2) is 8.73. The molecule has 1 atom stereocenters. The molecular weight excluding hydrogens is 360 g/mol. The molecule has 7 heteroatoms. The quantitative estimate of drug-likeness (QED) is 0.635. The van der Waals surface area contributed by atoms with Crippen LogP contribution in [0, 0.1) is 6.92 Å². The van der Waals surface area contributed by atoms with Crippen LogP contribution in [0.2, 0.25) is 0 Å². The number of nitrogens with one attached hydrogen (secondary N) is 1. The van der Waals surface area contributed by atoms with E-state index < -0.39 is 0 Å². The second-order valence-electron chi connectivity index (χ2n) is 6.15. The Morgan fingerprint density at radius 2 is 2.04 bits per heavy atom. The maximum absolute atomic E-state index is 12.4. The van der Waals surface area contributed by atoms with Gasteiger partial charge in [0.2, 0.25) is 5.91 Å². The number of hydrogen-bond acceptors (Lipinski definition) is 5. The van der Waals surface area contributed by atoms with E-state index in [4.69, 9.17) is 4.74 Å². The number of rotatable bonds is 7. The van der Waals surface area contributed by atoms with Crippen LogP contribution in [0.4, 0.5) is 0 Å². The third-order valence-electron chi connectivity index (χ3n) is 4.09. The molecule has 1 aromatic heterocycles. The highest BCUT2D eigenvalue weighted by atomic mass is 32.2. The average Bonchev–Trinajstić information content (AvgIpc) is 3.15. The van der Waals surface area contributed by atoms with E-state index in [-0.39, 0.29) is 11.2 Å². The smallest absolute Gasteiger partial charge is 0.233 e. The van der Waals surface area contributed by atoms with Gasteiger partial charge in [0.15, 0.2) is 5.16 Å². The number of aromatic nitrogens is 3. The first-order valence-electron chi connectivity index (χ1n) is 8.61. The summed E-state index contributed by atoms with van der Waals surface area (Å²) in [5, 5.41) is 11.5. The molecule has 140 valence electrons. The van der Waals surface area contributed by atoms with Gasteiger partial charge < -0.3 is 10.1 Å². The zero-order valence-corrected chi connectivity index (χ0v) is 16.4. The number of aryl methyl sites for hydroxylation is 1. The fraction of sp³-hybridized carbons (Fsp3) is 0.250. The number of carbonyl (C=O) groups excluding carboxylic acids is 1. The summed E-state index contributed by atoms with van der Waals surface area (Å²) >= 11 is 1.37. The van der Waals surface area contributed by atoms with Crippen LogP contribution in [0.5, 0.6) is 5.75 Å². The van der Waals surface area contributed by atoms with Gasteiger partial charge in [0.25, 0.3) is 0 Å². The van der Waals surface area contributed by atoms with Crippen molar-refractivity contribution in [3.63, 3.8) is 0 Å². The van der Waals surface area contributed by atoms with Gasteiger partial charge >= 0.3 is 0 Å².